The molecule has 1 aromatic heterocycles. The fourth-order valence-corrected chi connectivity index (χ4v) is 4.31. The van der Waals surface area contributed by atoms with Crippen molar-refractivity contribution in [2.75, 3.05) is 18.4 Å². The minimum Gasteiger partial charge on any atom is -0.326 e. The summed E-state index contributed by atoms with van der Waals surface area (Å²) in [6.45, 7) is 6.70. The Hall–Kier alpha value is -2.90. The zero-order chi connectivity index (χ0) is 24.5. The number of hydrogen-bond acceptors (Lipinski definition) is 5. The van der Waals surface area contributed by atoms with E-state index in [-0.39, 0.29) is 30.4 Å². The third kappa shape index (κ3) is 6.36. The number of nitrogens with zero attached hydrogens (tertiary/aromatic N) is 3. The number of piperazine rings is 1. The first-order chi connectivity index (χ1) is 16.5. The number of anilines is 1. The molecule has 8 heteroatoms. The molecule has 2 N–H and O–H groups in total. The van der Waals surface area contributed by atoms with E-state index in [2.05, 4.69) is 22.7 Å². The van der Waals surface area contributed by atoms with Crippen molar-refractivity contribution in [2.24, 2.45) is 0 Å². The van der Waals surface area contributed by atoms with Gasteiger partial charge in [0.1, 0.15) is 12.2 Å². The summed E-state index contributed by atoms with van der Waals surface area (Å²) in [5.41, 5.74) is 5.81. The lowest BCUT2D eigenvalue weighted by molar-refractivity contribution is -0.137. The zero-order valence-corrected chi connectivity index (χ0v) is 20.9. The molecule has 2 aromatic rings. The van der Waals surface area contributed by atoms with Gasteiger partial charge in [-0.05, 0) is 42.3 Å². The second-order valence-corrected chi connectivity index (χ2v) is 8.64. The summed E-state index contributed by atoms with van der Waals surface area (Å²) in [6, 6.07) is 11.1. The summed E-state index contributed by atoms with van der Waals surface area (Å²) in [4.78, 5) is 31.5. The number of fused-ring (bicyclic) bond motifs is 1. The fraction of sp³-hybridized carbons (Fsp3) is 0.423. The number of amides is 2. The average Bonchev–Trinajstić information content (AvgIpc) is 3.30. The fourth-order valence-electron chi connectivity index (χ4n) is 4.19. The molecule has 1 aromatic carbocycles. The van der Waals surface area contributed by atoms with Crippen molar-refractivity contribution in [2.45, 2.75) is 58.5 Å². The molecule has 2 unspecified atom stereocenters. The van der Waals surface area contributed by atoms with Gasteiger partial charge >= 0.3 is 0 Å². The van der Waals surface area contributed by atoms with Gasteiger partial charge in [0.2, 0.25) is 5.91 Å². The Balaban J connectivity index is 0.00000158. The number of carbonyl (C=O) groups excluding carboxylic acids is 2. The van der Waals surface area contributed by atoms with E-state index in [9.17, 15) is 9.59 Å². The quantitative estimate of drug-likeness (QED) is 0.520. The van der Waals surface area contributed by atoms with Crippen LogP contribution in [0.4, 0.5) is 5.69 Å². The van der Waals surface area contributed by atoms with Gasteiger partial charge in [-0.15, -0.1) is 0 Å². The van der Waals surface area contributed by atoms with Gasteiger partial charge in [-0.3, -0.25) is 19.6 Å². The van der Waals surface area contributed by atoms with Crippen molar-refractivity contribution in [1.82, 2.24) is 20.3 Å². The number of rotatable bonds is 8. The molecule has 2 aliphatic heterocycles. The molecule has 3 heterocycles. The molecular weight excluding hydrogens is 450 g/mol. The molecule has 2 aliphatic rings. The number of carbonyl (C=O) groups is 2. The van der Waals surface area contributed by atoms with Crippen LogP contribution >= 0.6 is 11.6 Å². The van der Waals surface area contributed by atoms with Gasteiger partial charge in [-0.25, -0.2) is 5.43 Å². The van der Waals surface area contributed by atoms with Gasteiger partial charge in [0.25, 0.3) is 5.91 Å². The molecule has 0 radical (unpaired) electrons. The Bertz CT molecular complexity index is 980. The van der Waals surface area contributed by atoms with Crippen molar-refractivity contribution < 1.29 is 9.59 Å². The van der Waals surface area contributed by atoms with E-state index in [1.54, 1.807) is 29.4 Å². The van der Waals surface area contributed by atoms with Gasteiger partial charge in [-0.1, -0.05) is 63.8 Å². The van der Waals surface area contributed by atoms with Crippen LogP contribution in [0.5, 0.6) is 0 Å². The molecule has 4 rings (SSSR count). The van der Waals surface area contributed by atoms with Crippen LogP contribution in [0.15, 0.2) is 60.6 Å². The standard InChI is InChI=1S/C24H28ClN5O2.C2H6/c1-2-3-4-5-20-15-29(16-23(31)27-19-10-12-26-13-11-19)24(32)22-14-21(28-30(20)22)17-6-8-18(25)9-7-17;1-2/h6-14,20-21,28H,2-5,15-16H2,1H3,(H,26,27,31);1-2H3. The van der Waals surface area contributed by atoms with Crippen LogP contribution in [-0.4, -0.2) is 45.8 Å². The van der Waals surface area contributed by atoms with E-state index in [1.165, 1.54) is 0 Å². The third-order valence-corrected chi connectivity index (χ3v) is 6.09. The summed E-state index contributed by atoms with van der Waals surface area (Å²) in [6.07, 6.45) is 9.48. The maximum atomic E-state index is 13.3. The van der Waals surface area contributed by atoms with E-state index in [1.807, 2.05) is 49.2 Å². The number of pyridine rings is 1. The highest BCUT2D eigenvalue weighted by molar-refractivity contribution is 6.30. The summed E-state index contributed by atoms with van der Waals surface area (Å²) >= 11 is 6.03. The lowest BCUT2D eigenvalue weighted by atomic mass is 10.0. The number of halogens is 1. The molecule has 0 bridgehead atoms. The number of hydrogen-bond donors (Lipinski definition) is 2. The van der Waals surface area contributed by atoms with E-state index < -0.39 is 0 Å². The summed E-state index contributed by atoms with van der Waals surface area (Å²) in [5.74, 6) is -0.350. The lowest BCUT2D eigenvalue weighted by Gasteiger charge is -2.41. The first kappa shape index (κ1) is 25.7. The van der Waals surface area contributed by atoms with Gasteiger partial charge < -0.3 is 10.2 Å². The Kier molecular flexibility index (Phi) is 9.48. The number of unbranched alkanes of at least 4 members (excludes halogenated alkanes) is 2. The molecule has 0 spiro atoms. The first-order valence-corrected chi connectivity index (χ1v) is 12.4. The second-order valence-electron chi connectivity index (χ2n) is 8.20. The van der Waals surface area contributed by atoms with Crippen molar-refractivity contribution in [3.63, 3.8) is 0 Å². The van der Waals surface area contributed by atoms with Gasteiger partial charge in [0.05, 0.1) is 12.1 Å². The molecule has 0 saturated carbocycles. The second kappa shape index (κ2) is 12.5. The summed E-state index contributed by atoms with van der Waals surface area (Å²) in [5, 5.41) is 5.53. The Labute approximate surface area is 207 Å². The van der Waals surface area contributed by atoms with Crippen molar-refractivity contribution in [3.05, 3.63) is 71.2 Å². The molecule has 1 saturated heterocycles. The van der Waals surface area contributed by atoms with E-state index >= 15 is 0 Å². The van der Waals surface area contributed by atoms with Gasteiger partial charge in [0.15, 0.2) is 0 Å². The molecule has 0 aliphatic carbocycles. The first-order valence-electron chi connectivity index (χ1n) is 12.1. The Morgan fingerprint density at radius 3 is 2.53 bits per heavy atom. The van der Waals surface area contributed by atoms with Crippen LogP contribution in [0.2, 0.25) is 5.02 Å². The van der Waals surface area contributed by atoms with Crippen LogP contribution in [0.3, 0.4) is 0 Å². The lowest BCUT2D eigenvalue weighted by Crippen LogP contribution is -2.57. The topological polar surface area (TPSA) is 77.6 Å². The monoisotopic (exact) mass is 483 g/mol. The van der Waals surface area contributed by atoms with Crippen LogP contribution in [0.1, 0.15) is 58.1 Å². The number of aromatic nitrogens is 1. The van der Waals surface area contributed by atoms with Gasteiger partial charge in [-0.2, -0.15) is 0 Å². The number of nitrogens with one attached hydrogen (secondary N) is 2. The van der Waals surface area contributed by atoms with Crippen LogP contribution in [0.25, 0.3) is 0 Å². The van der Waals surface area contributed by atoms with Crippen molar-refractivity contribution in [1.29, 1.82) is 0 Å². The van der Waals surface area contributed by atoms with Crippen LogP contribution < -0.4 is 10.7 Å². The SMILES string of the molecule is CC.CCCCCC1CN(CC(=O)Nc2ccncc2)C(=O)C2=CC(c3ccc(Cl)cc3)NN21. The zero-order valence-electron chi connectivity index (χ0n) is 20.1. The highest BCUT2D eigenvalue weighted by atomic mass is 35.5. The van der Waals surface area contributed by atoms with Crippen LogP contribution in [0, 0.1) is 0 Å². The van der Waals surface area contributed by atoms with E-state index in [0.717, 1.165) is 31.2 Å². The molecule has 2 amide bonds. The van der Waals surface area contributed by atoms with E-state index in [0.29, 0.717) is 23.0 Å². The molecule has 182 valence electrons. The highest BCUT2D eigenvalue weighted by Gasteiger charge is 2.41. The minimum atomic E-state index is -0.217. The van der Waals surface area contributed by atoms with Crippen molar-refractivity contribution >= 4 is 29.1 Å². The molecule has 34 heavy (non-hydrogen) atoms. The molecule has 7 nitrogen and oxygen atoms in total. The normalized spacial score (nSPS) is 19.2. The summed E-state index contributed by atoms with van der Waals surface area (Å²) < 4.78 is 0. The smallest absolute Gasteiger partial charge is 0.271 e. The van der Waals surface area contributed by atoms with Crippen LogP contribution in [-0.2, 0) is 9.59 Å². The summed E-state index contributed by atoms with van der Waals surface area (Å²) in [7, 11) is 0. The Morgan fingerprint density at radius 2 is 1.85 bits per heavy atom. The maximum absolute atomic E-state index is 13.3. The Morgan fingerprint density at radius 1 is 1.15 bits per heavy atom. The predicted octanol–water partition coefficient (Wildman–Crippen LogP) is 4.94. The largest absolute Gasteiger partial charge is 0.326 e. The highest BCUT2D eigenvalue weighted by Crippen LogP contribution is 2.32. The maximum Gasteiger partial charge on any atom is 0.271 e. The third-order valence-electron chi connectivity index (χ3n) is 5.83. The molecular formula is C26H34ClN5O2. The van der Waals surface area contributed by atoms with Gasteiger partial charge in [0, 0.05) is 29.6 Å². The predicted molar refractivity (Wildman–Crippen MR) is 136 cm³/mol. The molecule has 1 fully saturated rings. The number of hydrazine groups is 1. The minimum absolute atomic E-state index is 0.0161. The van der Waals surface area contributed by atoms with Crippen molar-refractivity contribution in [3.8, 4) is 0 Å². The van der Waals surface area contributed by atoms with E-state index in [4.69, 9.17) is 11.6 Å². The number of benzene rings is 1. The molecule has 2 atom stereocenters. The average molecular weight is 484 g/mol.